The van der Waals surface area contributed by atoms with Gasteiger partial charge in [-0.25, -0.2) is 4.79 Å². The average Bonchev–Trinajstić information content (AvgIpc) is 3.22. The highest BCUT2D eigenvalue weighted by molar-refractivity contribution is 6.30. The minimum Gasteiger partial charge on any atom is -0.493 e. The maximum Gasteiger partial charge on any atom is 0.342 e. The van der Waals surface area contributed by atoms with Crippen LogP contribution < -0.4 is 15.0 Å². The Bertz CT molecular complexity index is 1470. The predicted octanol–water partition coefficient (Wildman–Crippen LogP) is 7.13. The van der Waals surface area contributed by atoms with Crippen molar-refractivity contribution >= 4 is 28.9 Å². The normalized spacial score (nSPS) is 16.1. The van der Waals surface area contributed by atoms with E-state index in [9.17, 15) is 4.79 Å². The molecule has 2 heterocycles. The monoisotopic (exact) mass is 527 g/mol. The summed E-state index contributed by atoms with van der Waals surface area (Å²) >= 11 is 6.33. The van der Waals surface area contributed by atoms with E-state index in [1.807, 2.05) is 73.7 Å². The van der Waals surface area contributed by atoms with Gasteiger partial charge < -0.3 is 19.7 Å². The summed E-state index contributed by atoms with van der Waals surface area (Å²) in [4.78, 5) is 20.1. The molecule has 0 saturated carbocycles. The Labute approximate surface area is 228 Å². The molecule has 38 heavy (non-hydrogen) atoms. The van der Waals surface area contributed by atoms with Crippen LogP contribution in [0.5, 0.6) is 5.75 Å². The summed E-state index contributed by atoms with van der Waals surface area (Å²) in [7, 11) is 0. The molecule has 1 aliphatic heterocycles. The molecule has 1 atom stereocenters. The first-order valence-electron chi connectivity index (χ1n) is 12.8. The van der Waals surface area contributed by atoms with Crippen molar-refractivity contribution in [3.63, 3.8) is 0 Å². The molecule has 1 aromatic heterocycles. The van der Waals surface area contributed by atoms with Crippen LogP contribution in [0.3, 0.4) is 0 Å². The summed E-state index contributed by atoms with van der Waals surface area (Å²) in [6.07, 6.45) is 1.67. The van der Waals surface area contributed by atoms with E-state index in [1.165, 1.54) is 0 Å². The van der Waals surface area contributed by atoms with E-state index in [-0.39, 0.29) is 0 Å². The zero-order chi connectivity index (χ0) is 26.7. The molecule has 0 saturated heterocycles. The van der Waals surface area contributed by atoms with Gasteiger partial charge in [-0.1, -0.05) is 41.9 Å². The van der Waals surface area contributed by atoms with Crippen LogP contribution in [0, 0.1) is 0 Å². The molecule has 0 amide bonds. The maximum absolute atomic E-state index is 13.2. The number of benzene rings is 3. The van der Waals surface area contributed by atoms with Crippen LogP contribution in [0.2, 0.25) is 5.02 Å². The van der Waals surface area contributed by atoms with Gasteiger partial charge in [0.15, 0.2) is 0 Å². The van der Waals surface area contributed by atoms with Crippen molar-refractivity contribution in [2.24, 2.45) is 0 Å². The predicted molar refractivity (Wildman–Crippen MR) is 152 cm³/mol. The smallest absolute Gasteiger partial charge is 0.342 e. The van der Waals surface area contributed by atoms with Gasteiger partial charge in [-0.2, -0.15) is 0 Å². The molecule has 1 unspecified atom stereocenters. The van der Waals surface area contributed by atoms with E-state index in [2.05, 4.69) is 29.0 Å². The first kappa shape index (κ1) is 25.6. The largest absolute Gasteiger partial charge is 0.493 e. The summed E-state index contributed by atoms with van der Waals surface area (Å²) in [5, 5.41) is 4.21. The molecular formula is C31H30ClN3O3. The lowest BCUT2D eigenvalue weighted by atomic mass is 9.94. The fraction of sp³-hybridized carbons (Fsp3) is 0.226. The average molecular weight is 528 g/mol. The number of anilines is 2. The SMILES string of the molecule is CCOc1cc(N(CC)CC)ccc1C1(Nc2ccccc2-c2cccc(Cl)c2)OC(=O)c2cccnc21. The zero-order valence-corrected chi connectivity index (χ0v) is 22.5. The van der Waals surface area contributed by atoms with Crippen LogP contribution in [0.4, 0.5) is 11.4 Å². The van der Waals surface area contributed by atoms with Crippen molar-refractivity contribution in [3.8, 4) is 16.9 Å². The van der Waals surface area contributed by atoms with Crippen LogP contribution in [0.1, 0.15) is 42.4 Å². The van der Waals surface area contributed by atoms with E-state index >= 15 is 0 Å². The number of nitrogens with one attached hydrogen (secondary N) is 1. The number of esters is 1. The Morgan fingerprint density at radius 3 is 2.50 bits per heavy atom. The molecule has 0 aliphatic carbocycles. The van der Waals surface area contributed by atoms with Crippen molar-refractivity contribution < 1.29 is 14.3 Å². The van der Waals surface area contributed by atoms with Crippen molar-refractivity contribution in [1.29, 1.82) is 0 Å². The van der Waals surface area contributed by atoms with Crippen LogP contribution in [-0.4, -0.2) is 30.6 Å². The van der Waals surface area contributed by atoms with E-state index in [0.29, 0.717) is 34.2 Å². The van der Waals surface area contributed by atoms with Crippen LogP contribution in [-0.2, 0) is 10.5 Å². The van der Waals surface area contributed by atoms with E-state index < -0.39 is 11.7 Å². The summed E-state index contributed by atoms with van der Waals surface area (Å²) < 4.78 is 12.4. The van der Waals surface area contributed by atoms with Gasteiger partial charge in [0.25, 0.3) is 5.72 Å². The van der Waals surface area contributed by atoms with Gasteiger partial charge in [-0.15, -0.1) is 0 Å². The molecule has 0 radical (unpaired) electrons. The molecule has 0 fully saturated rings. The fourth-order valence-electron chi connectivity index (χ4n) is 4.98. The number of hydrogen-bond donors (Lipinski definition) is 1. The molecule has 1 N–H and O–H groups in total. The molecule has 0 bridgehead atoms. The lowest BCUT2D eigenvalue weighted by Gasteiger charge is -2.33. The molecule has 1 aliphatic rings. The van der Waals surface area contributed by atoms with Crippen molar-refractivity contribution in [1.82, 2.24) is 4.98 Å². The third kappa shape index (κ3) is 4.56. The molecule has 4 aromatic rings. The van der Waals surface area contributed by atoms with Crippen LogP contribution in [0.25, 0.3) is 11.1 Å². The number of ether oxygens (including phenoxy) is 2. The summed E-state index contributed by atoms with van der Waals surface area (Å²) in [5.41, 5.74) is 3.79. The van der Waals surface area contributed by atoms with Gasteiger partial charge >= 0.3 is 5.97 Å². The number of hydrogen-bond acceptors (Lipinski definition) is 6. The quantitative estimate of drug-likeness (QED) is 0.234. The second-order valence-corrected chi connectivity index (χ2v) is 9.37. The Hall–Kier alpha value is -4.03. The molecular weight excluding hydrogens is 498 g/mol. The number of nitrogens with zero attached hydrogens (tertiary/aromatic N) is 2. The van der Waals surface area contributed by atoms with Gasteiger partial charge in [0, 0.05) is 47.3 Å². The minimum atomic E-state index is -1.41. The highest BCUT2D eigenvalue weighted by Gasteiger charge is 2.51. The third-order valence-corrected chi connectivity index (χ3v) is 6.99. The molecule has 7 heteroatoms. The maximum atomic E-state index is 13.2. The first-order chi connectivity index (χ1) is 18.5. The Kier molecular flexibility index (Phi) is 7.25. The molecule has 194 valence electrons. The van der Waals surface area contributed by atoms with Crippen molar-refractivity contribution in [2.75, 3.05) is 29.9 Å². The number of aromatic nitrogens is 1. The molecule has 0 spiro atoms. The van der Waals surface area contributed by atoms with E-state index in [1.54, 1.807) is 18.3 Å². The molecule has 6 nitrogen and oxygen atoms in total. The number of carbonyl (C=O) groups excluding carboxylic acids is 1. The van der Waals surface area contributed by atoms with Gasteiger partial charge in [-0.05, 0) is 68.8 Å². The second kappa shape index (κ2) is 10.8. The standard InChI is InChI=1S/C31H30ClN3O3/c1-4-35(5-2)23-16-17-26(28(20-23)37-6-3)31(29-25(30(36)38-31)14-10-18-33-29)34-27-15-8-7-13-24(27)21-11-9-12-22(32)19-21/h7-20,34H,4-6H2,1-3H3. The highest BCUT2D eigenvalue weighted by Crippen LogP contribution is 2.47. The number of carbonyl (C=O) groups is 1. The van der Waals surface area contributed by atoms with Crippen molar-refractivity contribution in [3.05, 3.63) is 107 Å². The zero-order valence-electron chi connectivity index (χ0n) is 21.7. The third-order valence-electron chi connectivity index (χ3n) is 6.75. The lowest BCUT2D eigenvalue weighted by Crippen LogP contribution is -2.38. The van der Waals surface area contributed by atoms with Gasteiger partial charge in [0.05, 0.1) is 17.7 Å². The number of para-hydroxylation sites is 1. The molecule has 3 aromatic carbocycles. The fourth-order valence-corrected chi connectivity index (χ4v) is 5.17. The second-order valence-electron chi connectivity index (χ2n) is 8.94. The Balaban J connectivity index is 1.72. The number of fused-ring (bicyclic) bond motifs is 1. The number of rotatable bonds is 9. The van der Waals surface area contributed by atoms with Gasteiger partial charge in [-0.3, -0.25) is 4.98 Å². The van der Waals surface area contributed by atoms with Gasteiger partial charge in [0.1, 0.15) is 11.4 Å². The van der Waals surface area contributed by atoms with Crippen molar-refractivity contribution in [2.45, 2.75) is 26.5 Å². The van der Waals surface area contributed by atoms with Crippen LogP contribution >= 0.6 is 11.6 Å². The Morgan fingerprint density at radius 1 is 0.947 bits per heavy atom. The number of pyridine rings is 1. The Morgan fingerprint density at radius 2 is 1.74 bits per heavy atom. The first-order valence-corrected chi connectivity index (χ1v) is 13.2. The number of halogens is 1. The summed E-state index contributed by atoms with van der Waals surface area (Å²) in [6.45, 7) is 8.34. The topological polar surface area (TPSA) is 63.7 Å². The summed E-state index contributed by atoms with van der Waals surface area (Å²) in [5.74, 6) is 0.173. The van der Waals surface area contributed by atoms with E-state index in [0.717, 1.165) is 35.6 Å². The highest BCUT2D eigenvalue weighted by atomic mass is 35.5. The van der Waals surface area contributed by atoms with Crippen LogP contribution in [0.15, 0.2) is 85.1 Å². The molecule has 5 rings (SSSR count). The lowest BCUT2D eigenvalue weighted by molar-refractivity contribution is 0.0195. The minimum absolute atomic E-state index is 0.413. The summed E-state index contributed by atoms with van der Waals surface area (Å²) in [6, 6.07) is 25.0. The van der Waals surface area contributed by atoms with Gasteiger partial charge in [0.2, 0.25) is 0 Å². The van der Waals surface area contributed by atoms with E-state index in [4.69, 9.17) is 21.1 Å². The number of cyclic esters (lactones) is 1.